The van der Waals surface area contributed by atoms with Gasteiger partial charge in [0.2, 0.25) is 0 Å². The van der Waals surface area contributed by atoms with Crippen molar-refractivity contribution in [2.45, 2.75) is 38.7 Å². The fourth-order valence-corrected chi connectivity index (χ4v) is 1.65. The van der Waals surface area contributed by atoms with Crippen molar-refractivity contribution in [2.75, 3.05) is 26.2 Å². The Morgan fingerprint density at radius 3 is 2.25 bits per heavy atom. The van der Waals surface area contributed by atoms with Crippen LogP contribution in [0.2, 0.25) is 0 Å². The fraction of sp³-hybridized carbons (Fsp3) is 1.00. The van der Waals surface area contributed by atoms with Crippen molar-refractivity contribution in [3.05, 3.63) is 0 Å². The van der Waals surface area contributed by atoms with Crippen LogP contribution in [0, 0.1) is 0 Å². The summed E-state index contributed by atoms with van der Waals surface area (Å²) in [6.07, 6.45) is -4.11. The van der Waals surface area contributed by atoms with Gasteiger partial charge in [0.25, 0.3) is 0 Å². The summed E-state index contributed by atoms with van der Waals surface area (Å²) in [6, 6.07) is -1.24. The Balaban J connectivity index is 2.04. The average molecular weight is 173 g/mol. The summed E-state index contributed by atoms with van der Waals surface area (Å²) < 4.78 is 38.6. The molecule has 0 spiro atoms. The molecule has 0 N–H and O–H groups in total. The van der Waals surface area contributed by atoms with E-state index in [1.807, 2.05) is 0 Å². The molecule has 1 heterocycles. The molecule has 1 saturated heterocycles. The van der Waals surface area contributed by atoms with Crippen LogP contribution in [0.4, 0.5) is 0 Å². The molecule has 1 saturated carbocycles. The average Bonchev–Trinajstić information content (AvgIpc) is 2.57. The Hall–Kier alpha value is -0.0800. The first-order valence-corrected chi connectivity index (χ1v) is 4.65. The molecule has 2 heteroatoms. The lowest BCUT2D eigenvalue weighted by Crippen LogP contribution is -2.49. The second-order valence-electron chi connectivity index (χ2n) is 3.72. The van der Waals surface area contributed by atoms with Crippen molar-refractivity contribution in [1.82, 2.24) is 9.80 Å². The van der Waals surface area contributed by atoms with Crippen LogP contribution < -0.4 is 0 Å². The van der Waals surface area contributed by atoms with E-state index in [9.17, 15) is 0 Å². The highest BCUT2D eigenvalue weighted by Crippen LogP contribution is 2.27. The van der Waals surface area contributed by atoms with E-state index < -0.39 is 18.8 Å². The molecule has 12 heavy (non-hydrogen) atoms. The number of hydrogen-bond donors (Lipinski definition) is 0. The maximum absolute atomic E-state index is 8.07. The second-order valence-corrected chi connectivity index (χ2v) is 3.72. The van der Waals surface area contributed by atoms with Crippen molar-refractivity contribution >= 4 is 0 Å². The number of rotatable bonds is 2. The van der Waals surface area contributed by atoms with Gasteiger partial charge < -0.3 is 0 Å². The van der Waals surface area contributed by atoms with Gasteiger partial charge in [-0.2, -0.15) is 0 Å². The van der Waals surface area contributed by atoms with Gasteiger partial charge in [-0.05, 0) is 26.6 Å². The number of nitrogens with zero attached hydrogens (tertiary/aromatic N) is 2. The van der Waals surface area contributed by atoms with Gasteiger partial charge in [0.15, 0.2) is 0 Å². The lowest BCUT2D eigenvalue weighted by molar-refractivity contribution is 0.103. The zero-order valence-corrected chi connectivity index (χ0v) is 7.80. The monoisotopic (exact) mass is 173 g/mol. The van der Waals surface area contributed by atoms with Gasteiger partial charge in [0.05, 0.1) is 0 Å². The van der Waals surface area contributed by atoms with Gasteiger partial charge in [0, 0.05) is 45.1 Å². The normalized spacial score (nSPS) is 45.4. The van der Waals surface area contributed by atoms with Gasteiger partial charge in [-0.3, -0.25) is 9.80 Å². The zero-order valence-electron chi connectivity index (χ0n) is 12.8. The standard InChI is InChI=1S/C10H20N2/c1-9(2)11-5-7-12(8-6-11)10-3-4-10/h9-10H,3-8H2,1-2H3/i3D2,4D2,10D. The van der Waals surface area contributed by atoms with Gasteiger partial charge >= 0.3 is 0 Å². The fourth-order valence-electron chi connectivity index (χ4n) is 1.65. The summed E-state index contributed by atoms with van der Waals surface area (Å²) >= 11 is 0. The third kappa shape index (κ3) is 1.80. The Morgan fingerprint density at radius 1 is 1.25 bits per heavy atom. The molecule has 2 fully saturated rings. The Labute approximate surface area is 82.6 Å². The summed E-state index contributed by atoms with van der Waals surface area (Å²) in [5.74, 6) is 0. The molecule has 0 unspecified atom stereocenters. The van der Waals surface area contributed by atoms with Gasteiger partial charge in [-0.25, -0.2) is 0 Å². The van der Waals surface area contributed by atoms with Gasteiger partial charge in [-0.15, -0.1) is 0 Å². The highest BCUT2D eigenvalue weighted by Gasteiger charge is 2.31. The number of piperazine rings is 1. The molecule has 0 radical (unpaired) electrons. The molecular formula is C10H20N2. The molecule has 0 amide bonds. The van der Waals surface area contributed by atoms with Crippen molar-refractivity contribution in [3.63, 3.8) is 0 Å². The first kappa shape index (κ1) is 4.43. The summed E-state index contributed by atoms with van der Waals surface area (Å²) in [5.41, 5.74) is 0. The minimum Gasteiger partial charge on any atom is -0.298 e. The van der Waals surface area contributed by atoms with E-state index in [4.69, 9.17) is 6.85 Å². The van der Waals surface area contributed by atoms with Gasteiger partial charge in [0.1, 0.15) is 0 Å². The second kappa shape index (κ2) is 3.35. The van der Waals surface area contributed by atoms with Crippen molar-refractivity contribution in [3.8, 4) is 0 Å². The minimum absolute atomic E-state index is 0.451. The molecule has 0 aromatic heterocycles. The highest BCUT2D eigenvalue weighted by molar-refractivity contribution is 4.87. The summed E-state index contributed by atoms with van der Waals surface area (Å²) in [7, 11) is 0. The number of hydrogen-bond acceptors (Lipinski definition) is 2. The third-order valence-corrected chi connectivity index (χ3v) is 2.60. The maximum atomic E-state index is 8.07. The molecule has 2 aliphatic rings. The molecule has 1 aliphatic carbocycles. The molecule has 70 valence electrons. The van der Waals surface area contributed by atoms with Gasteiger partial charge in [-0.1, -0.05) is 0 Å². The van der Waals surface area contributed by atoms with Crippen molar-refractivity contribution in [1.29, 1.82) is 0 Å². The topological polar surface area (TPSA) is 6.48 Å². The summed E-state index contributed by atoms with van der Waals surface area (Å²) in [4.78, 5) is 3.93. The smallest absolute Gasteiger partial charge is 0.0467 e. The maximum Gasteiger partial charge on any atom is 0.0467 e. The van der Waals surface area contributed by atoms with Crippen molar-refractivity contribution in [2.24, 2.45) is 0 Å². The van der Waals surface area contributed by atoms with E-state index in [1.165, 1.54) is 0 Å². The molecule has 0 aromatic carbocycles. The molecule has 0 atom stereocenters. The lowest BCUT2D eigenvalue weighted by atomic mass is 10.2. The predicted octanol–water partition coefficient (Wildman–Crippen LogP) is 1.17. The van der Waals surface area contributed by atoms with E-state index in [2.05, 4.69) is 18.7 Å². The first-order valence-electron chi connectivity index (χ1n) is 7.15. The Bertz CT molecular complexity index is 296. The highest BCUT2D eigenvalue weighted by atomic mass is 15.3. The zero-order chi connectivity index (χ0) is 13.1. The van der Waals surface area contributed by atoms with Crippen LogP contribution in [0.3, 0.4) is 0 Å². The van der Waals surface area contributed by atoms with E-state index >= 15 is 0 Å². The molecular weight excluding hydrogens is 148 g/mol. The summed E-state index contributed by atoms with van der Waals surface area (Å²) in [5, 5.41) is 0. The molecule has 2 nitrogen and oxygen atoms in total. The Kier molecular flexibility index (Phi) is 1.23. The van der Waals surface area contributed by atoms with E-state index in [-0.39, 0.29) is 0 Å². The van der Waals surface area contributed by atoms with E-state index in [0.717, 1.165) is 13.1 Å². The SMILES string of the molecule is [2H]C1([2H])C([2H])([2H])C1([2H])N1CCN(C(C)C)CC1. The van der Waals surface area contributed by atoms with Crippen molar-refractivity contribution < 1.29 is 6.85 Å². The van der Waals surface area contributed by atoms with E-state index in [1.54, 1.807) is 4.90 Å². The molecule has 2 rings (SSSR count). The minimum atomic E-state index is -2.06. The summed E-state index contributed by atoms with van der Waals surface area (Å²) in [6.45, 7) is 6.93. The van der Waals surface area contributed by atoms with Crippen LogP contribution in [0.1, 0.15) is 33.4 Å². The van der Waals surface area contributed by atoms with Crippen LogP contribution in [0.15, 0.2) is 0 Å². The Morgan fingerprint density at radius 2 is 1.83 bits per heavy atom. The van der Waals surface area contributed by atoms with Crippen LogP contribution in [0.25, 0.3) is 0 Å². The third-order valence-electron chi connectivity index (χ3n) is 2.60. The molecule has 0 bridgehead atoms. The molecule has 1 aliphatic heterocycles. The van der Waals surface area contributed by atoms with Crippen LogP contribution in [-0.4, -0.2) is 48.0 Å². The molecule has 0 aromatic rings. The van der Waals surface area contributed by atoms with Crippen LogP contribution in [-0.2, 0) is 0 Å². The quantitative estimate of drug-likeness (QED) is 0.618. The largest absolute Gasteiger partial charge is 0.298 e. The van der Waals surface area contributed by atoms with Crippen LogP contribution >= 0.6 is 0 Å². The first-order chi connectivity index (χ1) is 7.66. The van der Waals surface area contributed by atoms with E-state index in [0.29, 0.717) is 19.1 Å². The van der Waals surface area contributed by atoms with Crippen LogP contribution in [0.5, 0.6) is 0 Å². The lowest BCUT2D eigenvalue weighted by Gasteiger charge is -2.37. The predicted molar refractivity (Wildman–Crippen MR) is 51.3 cm³/mol.